The number of benzene rings is 2. The molecule has 23 heavy (non-hydrogen) atoms. The SMILES string of the molecule is CC(=O)Nc1c(C)cc(Nc2ccc(C)cc2[N+](=O)[O-])cc1C. The third-order valence-corrected chi connectivity index (χ3v) is 3.46. The van der Waals surface area contributed by atoms with E-state index in [0.29, 0.717) is 5.69 Å². The molecule has 6 heteroatoms. The van der Waals surface area contributed by atoms with E-state index in [1.165, 1.54) is 13.0 Å². The summed E-state index contributed by atoms with van der Waals surface area (Å²) in [6.07, 6.45) is 0. The topological polar surface area (TPSA) is 84.3 Å². The molecule has 0 aliphatic carbocycles. The van der Waals surface area contributed by atoms with Crippen LogP contribution in [0.15, 0.2) is 30.3 Å². The third-order valence-electron chi connectivity index (χ3n) is 3.46. The molecule has 1 amide bonds. The first kappa shape index (κ1) is 16.5. The summed E-state index contributed by atoms with van der Waals surface area (Å²) < 4.78 is 0. The summed E-state index contributed by atoms with van der Waals surface area (Å²) in [5.41, 5.74) is 4.57. The maximum absolute atomic E-state index is 11.2. The summed E-state index contributed by atoms with van der Waals surface area (Å²) in [7, 11) is 0. The minimum atomic E-state index is -0.402. The summed E-state index contributed by atoms with van der Waals surface area (Å²) >= 11 is 0. The van der Waals surface area contributed by atoms with Gasteiger partial charge in [-0.15, -0.1) is 0 Å². The van der Waals surface area contributed by atoms with Crippen LogP contribution >= 0.6 is 0 Å². The van der Waals surface area contributed by atoms with Crippen molar-refractivity contribution in [2.24, 2.45) is 0 Å². The molecule has 0 fully saturated rings. The minimum Gasteiger partial charge on any atom is -0.350 e. The molecule has 0 radical (unpaired) electrons. The number of hydrogen-bond donors (Lipinski definition) is 2. The van der Waals surface area contributed by atoms with Gasteiger partial charge in [-0.05, 0) is 55.7 Å². The summed E-state index contributed by atoms with van der Waals surface area (Å²) in [5.74, 6) is -0.133. The largest absolute Gasteiger partial charge is 0.350 e. The number of carbonyl (C=O) groups is 1. The molecule has 2 rings (SSSR count). The van der Waals surface area contributed by atoms with Crippen LogP contribution in [0.2, 0.25) is 0 Å². The molecule has 0 aromatic heterocycles. The number of carbonyl (C=O) groups excluding carboxylic acids is 1. The first-order chi connectivity index (χ1) is 10.8. The predicted octanol–water partition coefficient (Wildman–Crippen LogP) is 4.22. The Hall–Kier alpha value is -2.89. The number of nitro groups is 1. The highest BCUT2D eigenvalue weighted by molar-refractivity contribution is 5.91. The number of hydrogen-bond acceptors (Lipinski definition) is 4. The van der Waals surface area contributed by atoms with Crippen LogP contribution in [0.5, 0.6) is 0 Å². The standard InChI is InChI=1S/C17H19N3O3/c1-10-5-6-15(16(7-10)20(22)23)19-14-8-11(2)17(12(3)9-14)18-13(4)21/h5-9,19H,1-4H3,(H,18,21). The van der Waals surface area contributed by atoms with Gasteiger partial charge < -0.3 is 10.6 Å². The molecule has 0 saturated carbocycles. The molecular formula is C17H19N3O3. The molecular weight excluding hydrogens is 294 g/mol. The van der Waals surface area contributed by atoms with Gasteiger partial charge in [0.1, 0.15) is 5.69 Å². The second-order valence-electron chi connectivity index (χ2n) is 5.57. The highest BCUT2D eigenvalue weighted by Gasteiger charge is 2.15. The van der Waals surface area contributed by atoms with E-state index in [-0.39, 0.29) is 11.6 Å². The third kappa shape index (κ3) is 3.85. The maximum Gasteiger partial charge on any atom is 0.292 e. The fourth-order valence-electron chi connectivity index (χ4n) is 2.46. The van der Waals surface area contributed by atoms with Gasteiger partial charge in [-0.25, -0.2) is 0 Å². The fraction of sp³-hybridized carbons (Fsp3) is 0.235. The van der Waals surface area contributed by atoms with Crippen molar-refractivity contribution in [3.05, 3.63) is 57.1 Å². The van der Waals surface area contributed by atoms with Crippen LogP contribution in [0, 0.1) is 30.9 Å². The van der Waals surface area contributed by atoms with Crippen molar-refractivity contribution in [1.82, 2.24) is 0 Å². The van der Waals surface area contributed by atoms with Crippen LogP contribution in [0.4, 0.5) is 22.7 Å². The van der Waals surface area contributed by atoms with E-state index in [0.717, 1.165) is 28.1 Å². The second-order valence-corrected chi connectivity index (χ2v) is 5.57. The lowest BCUT2D eigenvalue weighted by molar-refractivity contribution is -0.384. The van der Waals surface area contributed by atoms with Crippen molar-refractivity contribution < 1.29 is 9.72 Å². The monoisotopic (exact) mass is 313 g/mol. The average molecular weight is 313 g/mol. The van der Waals surface area contributed by atoms with E-state index in [4.69, 9.17) is 0 Å². The van der Waals surface area contributed by atoms with Crippen molar-refractivity contribution in [2.45, 2.75) is 27.7 Å². The lowest BCUT2D eigenvalue weighted by Gasteiger charge is -2.14. The number of nitro benzene ring substituents is 1. The highest BCUT2D eigenvalue weighted by atomic mass is 16.6. The van der Waals surface area contributed by atoms with E-state index in [1.807, 2.05) is 39.0 Å². The first-order valence-corrected chi connectivity index (χ1v) is 7.19. The van der Waals surface area contributed by atoms with Gasteiger partial charge in [-0.3, -0.25) is 14.9 Å². The van der Waals surface area contributed by atoms with Crippen LogP contribution in [0.25, 0.3) is 0 Å². The predicted molar refractivity (Wildman–Crippen MR) is 91.3 cm³/mol. The highest BCUT2D eigenvalue weighted by Crippen LogP contribution is 2.31. The van der Waals surface area contributed by atoms with Crippen LogP contribution in [0.3, 0.4) is 0 Å². The van der Waals surface area contributed by atoms with Crippen molar-refractivity contribution in [1.29, 1.82) is 0 Å². The van der Waals surface area contributed by atoms with Gasteiger partial charge in [0.2, 0.25) is 5.91 Å². The molecule has 0 heterocycles. The number of nitrogens with one attached hydrogen (secondary N) is 2. The fourth-order valence-corrected chi connectivity index (χ4v) is 2.46. The molecule has 6 nitrogen and oxygen atoms in total. The van der Waals surface area contributed by atoms with Crippen LogP contribution in [-0.4, -0.2) is 10.8 Å². The summed E-state index contributed by atoms with van der Waals surface area (Å²) in [6.45, 7) is 7.04. The van der Waals surface area contributed by atoms with Crippen molar-refractivity contribution in [3.8, 4) is 0 Å². The molecule has 0 spiro atoms. The lowest BCUT2D eigenvalue weighted by atomic mass is 10.1. The Balaban J connectivity index is 2.38. The van der Waals surface area contributed by atoms with Crippen LogP contribution in [0.1, 0.15) is 23.6 Å². The molecule has 0 saturated heterocycles. The van der Waals surface area contributed by atoms with E-state index >= 15 is 0 Å². The zero-order valence-electron chi connectivity index (χ0n) is 13.6. The quantitative estimate of drug-likeness (QED) is 0.653. The first-order valence-electron chi connectivity index (χ1n) is 7.19. The second kappa shape index (κ2) is 6.48. The van der Waals surface area contributed by atoms with Gasteiger partial charge in [0, 0.05) is 24.4 Å². The van der Waals surface area contributed by atoms with E-state index in [9.17, 15) is 14.9 Å². The number of nitrogens with zero attached hydrogens (tertiary/aromatic N) is 1. The van der Waals surface area contributed by atoms with E-state index in [2.05, 4.69) is 10.6 Å². The van der Waals surface area contributed by atoms with E-state index in [1.54, 1.807) is 6.07 Å². The summed E-state index contributed by atoms with van der Waals surface area (Å²) in [5, 5.41) is 17.1. The molecule has 0 unspecified atom stereocenters. The van der Waals surface area contributed by atoms with Gasteiger partial charge in [0.25, 0.3) is 5.69 Å². The lowest BCUT2D eigenvalue weighted by Crippen LogP contribution is -2.09. The maximum atomic E-state index is 11.2. The Morgan fingerprint density at radius 1 is 1.09 bits per heavy atom. The zero-order chi connectivity index (χ0) is 17.1. The molecule has 0 bridgehead atoms. The van der Waals surface area contributed by atoms with Gasteiger partial charge >= 0.3 is 0 Å². The Morgan fingerprint density at radius 3 is 2.22 bits per heavy atom. The number of aryl methyl sites for hydroxylation is 3. The summed E-state index contributed by atoms with van der Waals surface area (Å²) in [6, 6.07) is 8.75. The van der Waals surface area contributed by atoms with Gasteiger partial charge in [-0.1, -0.05) is 6.07 Å². The van der Waals surface area contributed by atoms with Crippen molar-refractivity contribution in [3.63, 3.8) is 0 Å². The number of anilines is 3. The molecule has 0 aliphatic rings. The Labute approximate surface area is 134 Å². The molecule has 2 aromatic rings. The molecule has 2 N–H and O–H groups in total. The molecule has 0 atom stereocenters. The minimum absolute atomic E-state index is 0.0336. The average Bonchev–Trinajstić information content (AvgIpc) is 2.44. The smallest absolute Gasteiger partial charge is 0.292 e. The molecule has 2 aromatic carbocycles. The van der Waals surface area contributed by atoms with Gasteiger partial charge in [-0.2, -0.15) is 0 Å². The Kier molecular flexibility index (Phi) is 4.64. The normalized spacial score (nSPS) is 10.3. The van der Waals surface area contributed by atoms with Crippen molar-refractivity contribution >= 4 is 28.7 Å². The Bertz CT molecular complexity index is 762. The van der Waals surface area contributed by atoms with E-state index < -0.39 is 4.92 Å². The van der Waals surface area contributed by atoms with Gasteiger partial charge in [0.15, 0.2) is 0 Å². The molecule has 120 valence electrons. The van der Waals surface area contributed by atoms with Crippen LogP contribution < -0.4 is 10.6 Å². The summed E-state index contributed by atoms with van der Waals surface area (Å²) in [4.78, 5) is 22.0. The number of amides is 1. The van der Waals surface area contributed by atoms with Crippen LogP contribution in [-0.2, 0) is 4.79 Å². The van der Waals surface area contributed by atoms with Crippen molar-refractivity contribution in [2.75, 3.05) is 10.6 Å². The molecule has 0 aliphatic heterocycles. The zero-order valence-corrected chi connectivity index (χ0v) is 13.6. The van der Waals surface area contributed by atoms with Gasteiger partial charge in [0.05, 0.1) is 4.92 Å². The number of rotatable bonds is 4. The Morgan fingerprint density at radius 2 is 1.70 bits per heavy atom.